The van der Waals surface area contributed by atoms with E-state index in [0.29, 0.717) is 0 Å². The molecule has 1 fully saturated rings. The molecule has 0 heterocycles. The van der Waals surface area contributed by atoms with E-state index >= 15 is 0 Å². The van der Waals surface area contributed by atoms with Crippen molar-refractivity contribution in [2.45, 2.75) is 12.8 Å². The van der Waals surface area contributed by atoms with E-state index in [4.69, 9.17) is 0 Å². The van der Waals surface area contributed by atoms with E-state index in [1.165, 1.54) is 5.57 Å². The molecule has 1 saturated carbocycles. The number of hydrogen-bond acceptors (Lipinski definition) is 1. The summed E-state index contributed by atoms with van der Waals surface area (Å²) in [6.45, 7) is 3.78. The molecule has 1 rings (SSSR count). The Kier molecular flexibility index (Phi) is 1.79. The lowest BCUT2D eigenvalue weighted by Gasteiger charge is -2.29. The van der Waals surface area contributed by atoms with Gasteiger partial charge in [0.05, 0.1) is 0 Å². The van der Waals surface area contributed by atoms with Gasteiger partial charge < -0.3 is 4.90 Å². The molecule has 2 nitrogen and oxygen atoms in total. The quantitative estimate of drug-likeness (QED) is 0.497. The Labute approximate surface area is 61.5 Å². The number of amides is 1. The van der Waals surface area contributed by atoms with Crippen LogP contribution in [-0.2, 0) is 4.79 Å². The number of allylic oxidation sites excluding steroid dienone is 1. The first-order valence-corrected chi connectivity index (χ1v) is 3.49. The van der Waals surface area contributed by atoms with E-state index < -0.39 is 0 Å². The Balaban J connectivity index is 2.38. The first-order valence-electron chi connectivity index (χ1n) is 3.49. The van der Waals surface area contributed by atoms with Crippen LogP contribution in [0.3, 0.4) is 0 Å². The maximum absolute atomic E-state index is 11.2. The molecule has 0 aromatic carbocycles. The first kappa shape index (κ1) is 7.32. The topological polar surface area (TPSA) is 20.3 Å². The zero-order valence-corrected chi connectivity index (χ0v) is 6.55. The van der Waals surface area contributed by atoms with Crippen molar-refractivity contribution in [3.63, 3.8) is 0 Å². The summed E-state index contributed by atoms with van der Waals surface area (Å²) in [6.07, 6.45) is 1.80. The van der Waals surface area contributed by atoms with Crippen molar-refractivity contribution >= 4 is 5.91 Å². The molecule has 0 spiro atoms. The maximum Gasteiger partial charge on any atom is 0.225 e. The third-order valence-corrected chi connectivity index (χ3v) is 1.86. The van der Waals surface area contributed by atoms with Gasteiger partial charge >= 0.3 is 0 Å². The van der Waals surface area contributed by atoms with Crippen molar-refractivity contribution in [1.29, 1.82) is 0 Å². The zero-order valence-electron chi connectivity index (χ0n) is 6.55. The van der Waals surface area contributed by atoms with Crippen molar-refractivity contribution in [2.75, 3.05) is 14.1 Å². The molecule has 0 aromatic rings. The second kappa shape index (κ2) is 2.45. The second-order valence-corrected chi connectivity index (χ2v) is 3.09. The number of hydrogen-bond donors (Lipinski definition) is 0. The average Bonchev–Trinajstić information content (AvgIpc) is 1.79. The highest BCUT2D eigenvalue weighted by atomic mass is 16.2. The van der Waals surface area contributed by atoms with Crippen molar-refractivity contribution in [1.82, 2.24) is 4.90 Å². The number of carbonyl (C=O) groups is 1. The minimum absolute atomic E-state index is 0.238. The van der Waals surface area contributed by atoms with Crippen LogP contribution < -0.4 is 0 Å². The fourth-order valence-electron chi connectivity index (χ4n) is 1.18. The molecule has 0 aliphatic heterocycles. The van der Waals surface area contributed by atoms with Crippen LogP contribution in [0.15, 0.2) is 12.2 Å². The fourth-order valence-corrected chi connectivity index (χ4v) is 1.18. The van der Waals surface area contributed by atoms with Crippen LogP contribution >= 0.6 is 0 Å². The van der Waals surface area contributed by atoms with E-state index in [0.717, 1.165) is 12.8 Å². The third-order valence-electron chi connectivity index (χ3n) is 1.86. The highest BCUT2D eigenvalue weighted by Gasteiger charge is 2.29. The van der Waals surface area contributed by atoms with Gasteiger partial charge in [-0.1, -0.05) is 12.2 Å². The van der Waals surface area contributed by atoms with Crippen LogP contribution in [0.2, 0.25) is 0 Å². The molecule has 0 saturated heterocycles. The van der Waals surface area contributed by atoms with Crippen LogP contribution in [0.25, 0.3) is 0 Å². The summed E-state index contributed by atoms with van der Waals surface area (Å²) in [5.74, 6) is 0.481. The Morgan fingerprint density at radius 1 is 1.60 bits per heavy atom. The molecule has 0 unspecified atom stereocenters. The van der Waals surface area contributed by atoms with Gasteiger partial charge in [-0.2, -0.15) is 0 Å². The van der Waals surface area contributed by atoms with E-state index in [-0.39, 0.29) is 11.8 Å². The molecule has 10 heavy (non-hydrogen) atoms. The predicted molar refractivity (Wildman–Crippen MR) is 40.6 cm³/mol. The van der Waals surface area contributed by atoms with E-state index in [9.17, 15) is 4.79 Å². The smallest absolute Gasteiger partial charge is 0.225 e. The van der Waals surface area contributed by atoms with Gasteiger partial charge in [0.1, 0.15) is 0 Å². The fraction of sp³-hybridized carbons (Fsp3) is 0.625. The number of nitrogens with zero attached hydrogens (tertiary/aromatic N) is 1. The highest BCUT2D eigenvalue weighted by molar-refractivity contribution is 5.80. The van der Waals surface area contributed by atoms with Crippen LogP contribution in [0.5, 0.6) is 0 Å². The maximum atomic E-state index is 11.2. The molecule has 0 atom stereocenters. The van der Waals surface area contributed by atoms with Crippen LogP contribution in [-0.4, -0.2) is 24.9 Å². The summed E-state index contributed by atoms with van der Waals surface area (Å²) in [6, 6.07) is 0. The summed E-state index contributed by atoms with van der Waals surface area (Å²) >= 11 is 0. The molecule has 1 aliphatic rings. The lowest BCUT2D eigenvalue weighted by molar-refractivity contribution is -0.134. The molecule has 0 aromatic heterocycles. The van der Waals surface area contributed by atoms with Gasteiger partial charge in [0.15, 0.2) is 0 Å². The van der Waals surface area contributed by atoms with Crippen molar-refractivity contribution in [2.24, 2.45) is 5.92 Å². The Hall–Kier alpha value is -0.790. The molecule has 0 N–H and O–H groups in total. The first-order chi connectivity index (χ1) is 4.61. The summed E-state index contributed by atoms with van der Waals surface area (Å²) in [5.41, 5.74) is 1.21. The zero-order chi connectivity index (χ0) is 7.72. The van der Waals surface area contributed by atoms with Crippen molar-refractivity contribution in [3.8, 4) is 0 Å². The SMILES string of the molecule is C=C1CC(C(=O)N(C)C)C1. The van der Waals surface area contributed by atoms with Crippen LogP contribution in [0, 0.1) is 5.92 Å². The summed E-state index contributed by atoms with van der Waals surface area (Å²) in [5, 5.41) is 0. The van der Waals surface area contributed by atoms with E-state index in [2.05, 4.69) is 6.58 Å². The van der Waals surface area contributed by atoms with Gasteiger partial charge in [0.2, 0.25) is 5.91 Å². The molecule has 56 valence electrons. The Morgan fingerprint density at radius 2 is 2.10 bits per heavy atom. The van der Waals surface area contributed by atoms with Gasteiger partial charge in [-0.05, 0) is 12.8 Å². The van der Waals surface area contributed by atoms with E-state index in [1.54, 1.807) is 19.0 Å². The Morgan fingerprint density at radius 3 is 2.40 bits per heavy atom. The largest absolute Gasteiger partial charge is 0.349 e. The highest BCUT2D eigenvalue weighted by Crippen LogP contribution is 2.32. The summed E-state index contributed by atoms with van der Waals surface area (Å²) in [7, 11) is 3.59. The molecule has 0 bridgehead atoms. The van der Waals surface area contributed by atoms with Crippen molar-refractivity contribution in [3.05, 3.63) is 12.2 Å². The molecule has 1 aliphatic carbocycles. The van der Waals surface area contributed by atoms with Gasteiger partial charge in [-0.25, -0.2) is 0 Å². The van der Waals surface area contributed by atoms with Crippen molar-refractivity contribution < 1.29 is 4.79 Å². The normalized spacial score (nSPS) is 18.4. The molecule has 1 amide bonds. The van der Waals surface area contributed by atoms with Gasteiger partial charge in [0.25, 0.3) is 0 Å². The summed E-state index contributed by atoms with van der Waals surface area (Å²) < 4.78 is 0. The molecule has 0 radical (unpaired) electrons. The van der Waals surface area contributed by atoms with Gasteiger partial charge in [0, 0.05) is 20.0 Å². The number of carbonyl (C=O) groups excluding carboxylic acids is 1. The average molecular weight is 139 g/mol. The predicted octanol–water partition coefficient (Wildman–Crippen LogP) is 1.04. The van der Waals surface area contributed by atoms with Gasteiger partial charge in [-0.15, -0.1) is 0 Å². The van der Waals surface area contributed by atoms with Crippen LogP contribution in [0.4, 0.5) is 0 Å². The number of rotatable bonds is 1. The second-order valence-electron chi connectivity index (χ2n) is 3.09. The Bertz CT molecular complexity index is 164. The molecule has 2 heteroatoms. The standard InChI is InChI=1S/C8H13NO/c1-6-4-7(5-6)8(10)9(2)3/h7H,1,4-5H2,2-3H3. The molecular weight excluding hydrogens is 126 g/mol. The van der Waals surface area contributed by atoms with Crippen LogP contribution in [0.1, 0.15) is 12.8 Å². The minimum atomic E-state index is 0.238. The lowest BCUT2D eigenvalue weighted by atomic mass is 9.80. The molecular formula is C8H13NO. The summed E-state index contributed by atoms with van der Waals surface area (Å²) in [4.78, 5) is 12.8. The van der Waals surface area contributed by atoms with E-state index in [1.807, 2.05) is 0 Å². The monoisotopic (exact) mass is 139 g/mol. The minimum Gasteiger partial charge on any atom is -0.349 e. The van der Waals surface area contributed by atoms with Gasteiger partial charge in [-0.3, -0.25) is 4.79 Å². The lowest BCUT2D eigenvalue weighted by Crippen LogP contribution is -2.34. The third kappa shape index (κ3) is 1.20.